The molecule has 4 N–H and O–H groups in total. The molecule has 0 aliphatic heterocycles. The summed E-state index contributed by atoms with van der Waals surface area (Å²) in [7, 11) is 3.28. The largest absolute Gasteiger partial charge is 0.456 e. The number of hydrogen-bond acceptors (Lipinski definition) is 9. The summed E-state index contributed by atoms with van der Waals surface area (Å²) in [5.74, 6) is 1.61. The van der Waals surface area contributed by atoms with Gasteiger partial charge in [0.25, 0.3) is 11.5 Å². The van der Waals surface area contributed by atoms with Gasteiger partial charge in [-0.15, -0.1) is 0 Å². The van der Waals surface area contributed by atoms with Gasteiger partial charge in [-0.1, -0.05) is 0 Å². The quantitative estimate of drug-likeness (QED) is 0.394. The average molecular weight is 434 g/mol. The number of pyridine rings is 2. The molecule has 0 aliphatic rings. The zero-order valence-corrected chi connectivity index (χ0v) is 17.7. The van der Waals surface area contributed by atoms with Crippen LogP contribution in [-0.4, -0.2) is 38.7 Å². The molecular formula is C21H22N8O3. The predicted molar refractivity (Wildman–Crippen MR) is 120 cm³/mol. The van der Waals surface area contributed by atoms with Gasteiger partial charge in [0.1, 0.15) is 34.5 Å². The first-order valence-corrected chi connectivity index (χ1v) is 9.50. The van der Waals surface area contributed by atoms with Crippen molar-refractivity contribution in [1.82, 2.24) is 24.8 Å². The Balaban J connectivity index is 1.68. The Morgan fingerprint density at radius 3 is 2.59 bits per heavy atom. The molecule has 0 spiro atoms. The molecule has 0 fully saturated rings. The molecule has 0 unspecified atom stereocenters. The lowest BCUT2D eigenvalue weighted by Gasteiger charge is -2.10. The minimum absolute atomic E-state index is 0.0753. The molecule has 0 saturated heterocycles. The molecule has 3 aromatic heterocycles. The maximum absolute atomic E-state index is 12.4. The third-order valence-corrected chi connectivity index (χ3v) is 4.32. The molecule has 0 saturated carbocycles. The van der Waals surface area contributed by atoms with Gasteiger partial charge >= 0.3 is 0 Å². The van der Waals surface area contributed by atoms with Crippen molar-refractivity contribution in [1.29, 1.82) is 5.41 Å². The van der Waals surface area contributed by atoms with Crippen LogP contribution in [0.2, 0.25) is 0 Å². The van der Waals surface area contributed by atoms with Gasteiger partial charge in [-0.2, -0.15) is 0 Å². The van der Waals surface area contributed by atoms with E-state index in [4.69, 9.17) is 10.1 Å². The van der Waals surface area contributed by atoms with Gasteiger partial charge < -0.3 is 26.1 Å². The third-order valence-electron chi connectivity index (χ3n) is 4.32. The Hall–Kier alpha value is -4.54. The van der Waals surface area contributed by atoms with Gasteiger partial charge in [0.05, 0.1) is 11.9 Å². The van der Waals surface area contributed by atoms with Crippen molar-refractivity contribution in [2.45, 2.75) is 6.92 Å². The van der Waals surface area contributed by atoms with E-state index >= 15 is 0 Å². The average Bonchev–Trinajstić information content (AvgIpc) is 2.79. The Kier molecular flexibility index (Phi) is 6.91. The van der Waals surface area contributed by atoms with Crippen molar-refractivity contribution in [3.05, 3.63) is 76.5 Å². The van der Waals surface area contributed by atoms with Gasteiger partial charge in [0, 0.05) is 45.0 Å². The normalized spacial score (nSPS) is 10.9. The van der Waals surface area contributed by atoms with Crippen LogP contribution >= 0.6 is 0 Å². The monoisotopic (exact) mass is 434 g/mol. The molecule has 164 valence electrons. The maximum atomic E-state index is 12.4. The predicted octanol–water partition coefficient (Wildman–Crippen LogP) is 2.05. The van der Waals surface area contributed by atoms with Gasteiger partial charge in [0.15, 0.2) is 0 Å². The molecule has 0 aromatic carbocycles. The highest BCUT2D eigenvalue weighted by Crippen LogP contribution is 2.23. The highest BCUT2D eigenvalue weighted by molar-refractivity contribution is 6.03. The number of anilines is 2. The van der Waals surface area contributed by atoms with E-state index in [2.05, 4.69) is 30.9 Å². The molecule has 1 amide bonds. The number of nitrogens with zero attached hydrogens (tertiary/aromatic N) is 4. The van der Waals surface area contributed by atoms with Crippen molar-refractivity contribution < 1.29 is 9.53 Å². The summed E-state index contributed by atoms with van der Waals surface area (Å²) >= 11 is 0. The zero-order valence-electron chi connectivity index (χ0n) is 17.7. The molecule has 32 heavy (non-hydrogen) atoms. The standard InChI is InChI=1S/C21H22N8O3/c1-13-25-12-17(21(31)29(13)3)20(30)28-18-5-4-16(11-26-18)32-15-6-7-24-19(8-15)27-14(9-22)10-23-2/h4-12,22-23H,1-3H3,(H,24,27)(H,26,28,30)/b14-10+,22-9?. The van der Waals surface area contributed by atoms with Crippen molar-refractivity contribution in [3.8, 4) is 11.5 Å². The van der Waals surface area contributed by atoms with Gasteiger partial charge in [-0.25, -0.2) is 15.0 Å². The van der Waals surface area contributed by atoms with Crippen molar-refractivity contribution >= 4 is 23.8 Å². The summed E-state index contributed by atoms with van der Waals surface area (Å²) in [5, 5.41) is 15.8. The highest BCUT2D eigenvalue weighted by Gasteiger charge is 2.14. The van der Waals surface area contributed by atoms with E-state index in [1.54, 1.807) is 57.7 Å². The lowest BCUT2D eigenvalue weighted by molar-refractivity contribution is 0.102. The number of carbonyl (C=O) groups is 1. The molecule has 3 heterocycles. The maximum Gasteiger partial charge on any atom is 0.266 e. The summed E-state index contributed by atoms with van der Waals surface area (Å²) in [6.45, 7) is 1.68. The highest BCUT2D eigenvalue weighted by atomic mass is 16.5. The second-order valence-corrected chi connectivity index (χ2v) is 6.55. The minimum Gasteiger partial charge on any atom is -0.456 e. The Labute approximate surface area is 183 Å². The van der Waals surface area contributed by atoms with Crippen LogP contribution in [0.4, 0.5) is 11.6 Å². The lowest BCUT2D eigenvalue weighted by Crippen LogP contribution is -2.29. The number of rotatable bonds is 8. The van der Waals surface area contributed by atoms with Crippen LogP contribution in [0.5, 0.6) is 11.5 Å². The molecular weight excluding hydrogens is 412 g/mol. The first kappa shape index (κ1) is 22.2. The number of amides is 1. The summed E-state index contributed by atoms with van der Waals surface area (Å²) < 4.78 is 7.08. The fourth-order valence-corrected chi connectivity index (χ4v) is 2.58. The van der Waals surface area contributed by atoms with Crippen molar-refractivity contribution in [3.63, 3.8) is 0 Å². The van der Waals surface area contributed by atoms with E-state index < -0.39 is 11.5 Å². The zero-order chi connectivity index (χ0) is 23.1. The van der Waals surface area contributed by atoms with Crippen LogP contribution in [0.1, 0.15) is 16.2 Å². The van der Waals surface area contributed by atoms with Crippen LogP contribution < -0.4 is 26.2 Å². The smallest absolute Gasteiger partial charge is 0.266 e. The van der Waals surface area contributed by atoms with E-state index in [0.29, 0.717) is 28.8 Å². The molecule has 11 nitrogen and oxygen atoms in total. The van der Waals surface area contributed by atoms with E-state index in [1.807, 2.05) is 0 Å². The lowest BCUT2D eigenvalue weighted by atomic mass is 10.3. The van der Waals surface area contributed by atoms with Gasteiger partial charge in [-0.3, -0.25) is 14.2 Å². The van der Waals surface area contributed by atoms with Crippen molar-refractivity contribution in [2.24, 2.45) is 7.05 Å². The first-order chi connectivity index (χ1) is 15.4. The Bertz CT molecular complexity index is 1220. The van der Waals surface area contributed by atoms with Crippen LogP contribution in [0.3, 0.4) is 0 Å². The van der Waals surface area contributed by atoms with E-state index in [1.165, 1.54) is 17.0 Å². The van der Waals surface area contributed by atoms with Crippen LogP contribution in [0.15, 0.2) is 59.5 Å². The number of allylic oxidation sites excluding steroid dienone is 1. The molecule has 11 heteroatoms. The Morgan fingerprint density at radius 2 is 1.91 bits per heavy atom. The first-order valence-electron chi connectivity index (χ1n) is 9.50. The third kappa shape index (κ3) is 5.33. The molecule has 0 aliphatic carbocycles. The summed E-state index contributed by atoms with van der Waals surface area (Å²) in [6.07, 6.45) is 7.04. The summed E-state index contributed by atoms with van der Waals surface area (Å²) in [5.41, 5.74) is 0.0129. The van der Waals surface area contributed by atoms with E-state index in [-0.39, 0.29) is 11.4 Å². The SMILES string of the molecule is CN/C=C(\C=N)Nc1cc(Oc2ccc(NC(=O)c3cnc(C)n(C)c3=O)nc2)ccn1. The topological polar surface area (TPSA) is 147 Å². The second-order valence-electron chi connectivity index (χ2n) is 6.55. The number of ether oxygens (including phenoxy) is 1. The van der Waals surface area contributed by atoms with Crippen LogP contribution in [-0.2, 0) is 7.05 Å². The van der Waals surface area contributed by atoms with Gasteiger partial charge in [-0.05, 0) is 25.1 Å². The number of aromatic nitrogens is 4. The Morgan fingerprint density at radius 1 is 1.09 bits per heavy atom. The molecule has 0 bridgehead atoms. The van der Waals surface area contributed by atoms with E-state index in [9.17, 15) is 9.59 Å². The molecule has 3 aromatic rings. The summed E-state index contributed by atoms with van der Waals surface area (Å²) in [4.78, 5) is 37.0. The van der Waals surface area contributed by atoms with E-state index in [0.717, 1.165) is 6.21 Å². The fraction of sp³-hybridized carbons (Fsp3) is 0.143. The number of carbonyl (C=O) groups excluding carboxylic acids is 1. The molecule has 0 radical (unpaired) electrons. The number of hydrogen-bond donors (Lipinski definition) is 4. The number of nitrogens with one attached hydrogen (secondary N) is 4. The van der Waals surface area contributed by atoms with Crippen LogP contribution in [0, 0.1) is 12.3 Å². The molecule has 3 rings (SSSR count). The number of aryl methyl sites for hydroxylation is 1. The summed E-state index contributed by atoms with van der Waals surface area (Å²) in [6, 6.07) is 6.53. The van der Waals surface area contributed by atoms with Gasteiger partial charge in [0.2, 0.25) is 0 Å². The van der Waals surface area contributed by atoms with Crippen LogP contribution in [0.25, 0.3) is 0 Å². The molecule has 0 atom stereocenters. The minimum atomic E-state index is -0.597. The van der Waals surface area contributed by atoms with Crippen molar-refractivity contribution in [2.75, 3.05) is 17.7 Å². The fourth-order valence-electron chi connectivity index (χ4n) is 2.58. The second kappa shape index (κ2) is 9.98.